The van der Waals surface area contributed by atoms with E-state index in [1.54, 1.807) is 0 Å². The number of rotatable bonds is 1. The molecule has 0 saturated carbocycles. The van der Waals surface area contributed by atoms with Crippen molar-refractivity contribution in [1.82, 2.24) is 0 Å². The second-order valence-corrected chi connectivity index (χ2v) is 3.76. The average Bonchev–Trinajstić information content (AvgIpc) is 2.29. The Morgan fingerprint density at radius 2 is 1.69 bits per heavy atom. The minimum absolute atomic E-state index is 0.0324. The molecule has 0 atom stereocenters. The van der Waals surface area contributed by atoms with Crippen molar-refractivity contribution in [2.24, 2.45) is 5.73 Å². The number of fused-ring (bicyclic) bond motifs is 1. The number of hydrogen-bond acceptors (Lipinski definition) is 2. The molecular formula is C14H17NO. The Labute approximate surface area is 96.1 Å². The molecule has 2 heteroatoms. The number of nitrogens with two attached hydrogens (primary N) is 1. The van der Waals surface area contributed by atoms with Crippen LogP contribution in [0.25, 0.3) is 10.8 Å². The third-order valence-corrected chi connectivity index (χ3v) is 2.19. The number of Topliss-reactive ketones (excluding diaryl/α,β-unsaturated/α-hetero) is 1. The van der Waals surface area contributed by atoms with Crippen molar-refractivity contribution >= 4 is 16.6 Å². The zero-order valence-corrected chi connectivity index (χ0v) is 9.73. The van der Waals surface area contributed by atoms with E-state index in [0.717, 1.165) is 0 Å². The molecule has 0 amide bonds. The number of benzene rings is 2. The van der Waals surface area contributed by atoms with Crippen LogP contribution in [-0.2, 0) is 4.79 Å². The van der Waals surface area contributed by atoms with Crippen LogP contribution in [0, 0.1) is 6.92 Å². The Balaban J connectivity index is 0.000000221. The monoisotopic (exact) mass is 215 g/mol. The van der Waals surface area contributed by atoms with Gasteiger partial charge in [-0.15, -0.1) is 0 Å². The van der Waals surface area contributed by atoms with Crippen molar-refractivity contribution in [1.29, 1.82) is 0 Å². The van der Waals surface area contributed by atoms with E-state index in [4.69, 9.17) is 5.73 Å². The van der Waals surface area contributed by atoms with Crippen LogP contribution in [0.4, 0.5) is 0 Å². The summed E-state index contributed by atoms with van der Waals surface area (Å²) in [6, 6.07) is 14.9. The maximum Gasteiger partial charge on any atom is 0.143 e. The van der Waals surface area contributed by atoms with Gasteiger partial charge in [0.1, 0.15) is 5.78 Å². The van der Waals surface area contributed by atoms with Crippen LogP contribution in [-0.4, -0.2) is 12.3 Å². The molecule has 0 spiro atoms. The van der Waals surface area contributed by atoms with E-state index in [-0.39, 0.29) is 12.3 Å². The fourth-order valence-corrected chi connectivity index (χ4v) is 1.31. The lowest BCUT2D eigenvalue weighted by atomic mass is 10.1. The van der Waals surface area contributed by atoms with Crippen molar-refractivity contribution in [3.8, 4) is 0 Å². The molecule has 0 unspecified atom stereocenters. The number of aryl methyl sites for hydroxylation is 1. The van der Waals surface area contributed by atoms with Gasteiger partial charge in [0.2, 0.25) is 0 Å². The molecule has 0 aliphatic heterocycles. The van der Waals surface area contributed by atoms with Crippen molar-refractivity contribution < 1.29 is 4.79 Å². The summed E-state index contributed by atoms with van der Waals surface area (Å²) >= 11 is 0. The first-order valence-electron chi connectivity index (χ1n) is 5.28. The molecule has 0 aliphatic carbocycles. The molecule has 0 fully saturated rings. The Morgan fingerprint density at radius 1 is 1.12 bits per heavy atom. The first kappa shape index (κ1) is 12.4. The SMILES string of the molecule is CC(=O)CN.Cc1ccc2ccccc2c1. The van der Waals surface area contributed by atoms with Gasteiger partial charge in [-0.2, -0.15) is 0 Å². The largest absolute Gasteiger partial charge is 0.324 e. The van der Waals surface area contributed by atoms with Crippen molar-refractivity contribution in [3.05, 3.63) is 48.0 Å². The highest BCUT2D eigenvalue weighted by molar-refractivity contribution is 5.82. The fourth-order valence-electron chi connectivity index (χ4n) is 1.31. The molecule has 2 rings (SSSR count). The van der Waals surface area contributed by atoms with Gasteiger partial charge in [0, 0.05) is 0 Å². The first-order valence-corrected chi connectivity index (χ1v) is 5.28. The standard InChI is InChI=1S/C11H10.C3H7NO/c1-9-6-7-10-4-2-3-5-11(10)8-9;1-3(5)2-4/h2-8H,1H3;2,4H2,1H3. The molecule has 0 aromatic heterocycles. The number of hydrogen-bond donors (Lipinski definition) is 1. The quantitative estimate of drug-likeness (QED) is 0.794. The highest BCUT2D eigenvalue weighted by Gasteiger charge is 1.89. The molecule has 2 aromatic rings. The predicted octanol–water partition coefficient (Wildman–Crippen LogP) is 2.68. The van der Waals surface area contributed by atoms with Gasteiger partial charge >= 0.3 is 0 Å². The molecular weight excluding hydrogens is 198 g/mol. The highest BCUT2D eigenvalue weighted by atomic mass is 16.1. The molecule has 2 nitrogen and oxygen atoms in total. The summed E-state index contributed by atoms with van der Waals surface area (Å²) in [7, 11) is 0. The molecule has 0 bridgehead atoms. The van der Waals surface area contributed by atoms with Gasteiger partial charge in [0.05, 0.1) is 6.54 Å². The third kappa shape index (κ3) is 3.83. The zero-order chi connectivity index (χ0) is 12.0. The van der Waals surface area contributed by atoms with Crippen LogP contribution >= 0.6 is 0 Å². The van der Waals surface area contributed by atoms with Crippen LogP contribution in [0.5, 0.6) is 0 Å². The summed E-state index contributed by atoms with van der Waals surface area (Å²) < 4.78 is 0. The minimum atomic E-state index is 0.0324. The summed E-state index contributed by atoms with van der Waals surface area (Å²) in [6.07, 6.45) is 0. The lowest BCUT2D eigenvalue weighted by Crippen LogP contribution is -2.07. The lowest BCUT2D eigenvalue weighted by Gasteiger charge is -1.96. The molecule has 0 saturated heterocycles. The third-order valence-electron chi connectivity index (χ3n) is 2.19. The van der Waals surface area contributed by atoms with Crippen LogP contribution in [0.2, 0.25) is 0 Å². The Bertz CT molecular complexity index is 477. The van der Waals surface area contributed by atoms with Gasteiger partial charge in [-0.1, -0.05) is 48.0 Å². The van der Waals surface area contributed by atoms with Gasteiger partial charge in [0.15, 0.2) is 0 Å². The smallest absolute Gasteiger partial charge is 0.143 e. The maximum absolute atomic E-state index is 9.69. The zero-order valence-electron chi connectivity index (χ0n) is 9.73. The second-order valence-electron chi connectivity index (χ2n) is 3.76. The highest BCUT2D eigenvalue weighted by Crippen LogP contribution is 2.14. The van der Waals surface area contributed by atoms with Crippen molar-refractivity contribution in [3.63, 3.8) is 0 Å². The summed E-state index contributed by atoms with van der Waals surface area (Å²) in [5, 5.41) is 2.64. The van der Waals surface area contributed by atoms with Crippen LogP contribution < -0.4 is 5.73 Å². The van der Waals surface area contributed by atoms with E-state index in [1.165, 1.54) is 23.3 Å². The molecule has 0 heterocycles. The van der Waals surface area contributed by atoms with Gasteiger partial charge in [-0.05, 0) is 24.6 Å². The first-order chi connectivity index (χ1) is 7.63. The van der Waals surface area contributed by atoms with E-state index in [1.807, 2.05) is 0 Å². The number of carbonyl (C=O) groups excluding carboxylic acids is 1. The number of ketones is 1. The average molecular weight is 215 g/mol. The normalized spacial score (nSPS) is 9.44. The maximum atomic E-state index is 9.69. The van der Waals surface area contributed by atoms with Gasteiger partial charge in [0.25, 0.3) is 0 Å². The fraction of sp³-hybridized carbons (Fsp3) is 0.214. The van der Waals surface area contributed by atoms with Gasteiger partial charge in [-0.3, -0.25) is 4.79 Å². The van der Waals surface area contributed by atoms with Crippen LogP contribution in [0.15, 0.2) is 42.5 Å². The molecule has 0 aliphatic rings. The number of carbonyl (C=O) groups is 1. The molecule has 2 N–H and O–H groups in total. The van der Waals surface area contributed by atoms with Gasteiger partial charge < -0.3 is 5.73 Å². The Hall–Kier alpha value is -1.67. The summed E-state index contributed by atoms with van der Waals surface area (Å²) in [5.41, 5.74) is 6.14. The van der Waals surface area contributed by atoms with Crippen LogP contribution in [0.1, 0.15) is 12.5 Å². The molecule has 0 radical (unpaired) electrons. The van der Waals surface area contributed by atoms with Gasteiger partial charge in [-0.25, -0.2) is 0 Å². The van der Waals surface area contributed by atoms with Crippen LogP contribution in [0.3, 0.4) is 0 Å². The Kier molecular flexibility index (Phi) is 4.67. The lowest BCUT2D eigenvalue weighted by molar-refractivity contribution is -0.115. The van der Waals surface area contributed by atoms with E-state index < -0.39 is 0 Å². The van der Waals surface area contributed by atoms with Crippen molar-refractivity contribution in [2.45, 2.75) is 13.8 Å². The summed E-state index contributed by atoms with van der Waals surface area (Å²) in [6.45, 7) is 3.74. The second kappa shape index (κ2) is 6.03. The topological polar surface area (TPSA) is 43.1 Å². The van der Waals surface area contributed by atoms with E-state index in [0.29, 0.717) is 0 Å². The van der Waals surface area contributed by atoms with E-state index >= 15 is 0 Å². The molecule has 84 valence electrons. The molecule has 2 aromatic carbocycles. The Morgan fingerprint density at radius 3 is 2.25 bits per heavy atom. The minimum Gasteiger partial charge on any atom is -0.324 e. The predicted molar refractivity (Wildman–Crippen MR) is 68.4 cm³/mol. The van der Waals surface area contributed by atoms with Crippen molar-refractivity contribution in [2.75, 3.05) is 6.54 Å². The summed E-state index contributed by atoms with van der Waals surface area (Å²) in [5.74, 6) is 0.0324. The van der Waals surface area contributed by atoms with E-state index in [2.05, 4.69) is 49.4 Å². The molecule has 16 heavy (non-hydrogen) atoms. The summed E-state index contributed by atoms with van der Waals surface area (Å²) in [4.78, 5) is 9.69. The van der Waals surface area contributed by atoms with E-state index in [9.17, 15) is 4.79 Å².